The molecule has 0 heteroatoms. The molecule has 0 aliphatic heterocycles. The van der Waals surface area contributed by atoms with E-state index in [1.807, 2.05) is 0 Å². The Balaban J connectivity index is 0.000000336. The smallest absolute Gasteiger partial charge is 0.0307 e. The van der Waals surface area contributed by atoms with Gasteiger partial charge in [-0.3, -0.25) is 0 Å². The summed E-state index contributed by atoms with van der Waals surface area (Å²) in [5.74, 6) is 0. The van der Waals surface area contributed by atoms with E-state index >= 15 is 0 Å². The lowest BCUT2D eigenvalue weighted by Crippen LogP contribution is -1.81. The Hall–Kier alpha value is -0.780. The van der Waals surface area contributed by atoms with Crippen molar-refractivity contribution in [2.75, 3.05) is 0 Å². The van der Waals surface area contributed by atoms with E-state index in [-0.39, 0.29) is 0 Å². The van der Waals surface area contributed by atoms with E-state index in [0.29, 0.717) is 0 Å². The second-order valence-corrected chi connectivity index (χ2v) is 3.88. The fourth-order valence-corrected chi connectivity index (χ4v) is 1.36. The molecule has 0 unspecified atom stereocenters. The van der Waals surface area contributed by atoms with Crippen molar-refractivity contribution in [3.8, 4) is 0 Å². The molecule has 86 valence electrons. The van der Waals surface area contributed by atoms with Gasteiger partial charge in [0.15, 0.2) is 0 Å². The van der Waals surface area contributed by atoms with Gasteiger partial charge in [0, 0.05) is 0 Å². The van der Waals surface area contributed by atoms with Crippen LogP contribution in [-0.4, -0.2) is 0 Å². The number of aryl methyl sites for hydroxylation is 2. The summed E-state index contributed by atoms with van der Waals surface area (Å²) in [5, 5.41) is 0. The normalized spacial score (nSPS) is 9.33. The Morgan fingerprint density at radius 3 is 1.13 bits per heavy atom. The van der Waals surface area contributed by atoms with Gasteiger partial charge in [-0.15, -0.1) is 0 Å². The maximum Gasteiger partial charge on any atom is -0.0307 e. The van der Waals surface area contributed by atoms with Crippen LogP contribution in [0.15, 0.2) is 24.3 Å². The molecule has 1 aromatic carbocycles. The molecule has 0 fully saturated rings. The molecule has 0 radical (unpaired) electrons. The molecule has 0 saturated carbocycles. The Morgan fingerprint density at radius 1 is 0.667 bits per heavy atom. The summed E-state index contributed by atoms with van der Waals surface area (Å²) in [6.07, 6.45) is 6.36. The third-order valence-electron chi connectivity index (χ3n) is 2.55. The van der Waals surface area contributed by atoms with Gasteiger partial charge in [-0.1, -0.05) is 71.2 Å². The molecule has 0 saturated heterocycles. The van der Waals surface area contributed by atoms with Gasteiger partial charge in [-0.05, 0) is 24.0 Å². The first-order chi connectivity index (χ1) is 7.28. The van der Waals surface area contributed by atoms with Gasteiger partial charge in [0.2, 0.25) is 0 Å². The summed E-state index contributed by atoms with van der Waals surface area (Å²) in [6, 6.07) is 8.83. The average Bonchev–Trinajstić information content (AvgIpc) is 2.31. The molecule has 0 amide bonds. The number of hydrogen-bond acceptors (Lipinski definition) is 0. The van der Waals surface area contributed by atoms with Crippen molar-refractivity contribution < 1.29 is 0 Å². The van der Waals surface area contributed by atoms with Crippen LogP contribution in [0.1, 0.15) is 58.1 Å². The minimum atomic E-state index is 1.14. The van der Waals surface area contributed by atoms with Crippen molar-refractivity contribution in [3.05, 3.63) is 35.4 Å². The van der Waals surface area contributed by atoms with E-state index in [0.717, 1.165) is 12.8 Å². The molecule has 0 aliphatic carbocycles. The van der Waals surface area contributed by atoms with Gasteiger partial charge in [-0.25, -0.2) is 0 Å². The molecular formula is C15H26. The van der Waals surface area contributed by atoms with Crippen LogP contribution < -0.4 is 0 Å². The van der Waals surface area contributed by atoms with Crippen LogP contribution in [0.25, 0.3) is 0 Å². The number of hydrogen-bond donors (Lipinski definition) is 0. The van der Waals surface area contributed by atoms with Gasteiger partial charge < -0.3 is 0 Å². The SMILES string of the molecule is CCCCC.CCc1ccc(CC)cc1. The average molecular weight is 206 g/mol. The van der Waals surface area contributed by atoms with Gasteiger partial charge in [0.1, 0.15) is 0 Å². The predicted octanol–water partition coefficient (Wildman–Crippen LogP) is 5.01. The molecular weight excluding hydrogens is 180 g/mol. The maximum atomic E-state index is 2.21. The Morgan fingerprint density at radius 2 is 1.00 bits per heavy atom. The lowest BCUT2D eigenvalue weighted by atomic mass is 10.1. The van der Waals surface area contributed by atoms with Crippen molar-refractivity contribution in [2.45, 2.75) is 59.8 Å². The number of unbranched alkanes of at least 4 members (excludes halogenated alkanes) is 2. The van der Waals surface area contributed by atoms with Crippen LogP contribution in [0.3, 0.4) is 0 Å². The van der Waals surface area contributed by atoms with E-state index in [2.05, 4.69) is 52.0 Å². The third kappa shape index (κ3) is 7.18. The Bertz CT molecular complexity index is 195. The first-order valence-electron chi connectivity index (χ1n) is 6.36. The second-order valence-electron chi connectivity index (χ2n) is 3.88. The minimum Gasteiger partial charge on any atom is -0.0654 e. The van der Waals surface area contributed by atoms with E-state index < -0.39 is 0 Å². The zero-order chi connectivity index (χ0) is 11.5. The second kappa shape index (κ2) is 9.76. The van der Waals surface area contributed by atoms with Crippen molar-refractivity contribution in [1.29, 1.82) is 0 Å². The summed E-state index contributed by atoms with van der Waals surface area (Å²) in [5.41, 5.74) is 2.86. The predicted molar refractivity (Wildman–Crippen MR) is 70.4 cm³/mol. The van der Waals surface area contributed by atoms with Crippen LogP contribution in [0, 0.1) is 0 Å². The molecule has 0 spiro atoms. The largest absolute Gasteiger partial charge is 0.0654 e. The van der Waals surface area contributed by atoms with Crippen LogP contribution >= 0.6 is 0 Å². The quantitative estimate of drug-likeness (QED) is 0.649. The lowest BCUT2D eigenvalue weighted by Gasteiger charge is -1.97. The summed E-state index contributed by atoms with van der Waals surface area (Å²) in [7, 11) is 0. The lowest BCUT2D eigenvalue weighted by molar-refractivity contribution is 0.772. The van der Waals surface area contributed by atoms with E-state index in [1.54, 1.807) is 0 Å². The van der Waals surface area contributed by atoms with Crippen molar-refractivity contribution in [3.63, 3.8) is 0 Å². The van der Waals surface area contributed by atoms with Crippen molar-refractivity contribution >= 4 is 0 Å². The molecule has 0 bridgehead atoms. The van der Waals surface area contributed by atoms with Crippen LogP contribution in [0.5, 0.6) is 0 Å². The van der Waals surface area contributed by atoms with Crippen LogP contribution in [0.2, 0.25) is 0 Å². The molecule has 0 aliphatic rings. The highest BCUT2D eigenvalue weighted by Gasteiger charge is 1.88. The standard InChI is InChI=1S/C10H14.C5H12/c1-3-9-5-7-10(4-2)8-6-9;1-3-5-4-2/h5-8H,3-4H2,1-2H3;3-5H2,1-2H3. The maximum absolute atomic E-state index is 2.21. The van der Waals surface area contributed by atoms with Gasteiger partial charge in [-0.2, -0.15) is 0 Å². The highest BCUT2D eigenvalue weighted by Crippen LogP contribution is 2.04. The summed E-state index contributed by atoms with van der Waals surface area (Å²) in [4.78, 5) is 0. The molecule has 0 aromatic heterocycles. The van der Waals surface area contributed by atoms with E-state index in [1.165, 1.54) is 30.4 Å². The molecule has 0 nitrogen and oxygen atoms in total. The highest BCUT2D eigenvalue weighted by atomic mass is 13.9. The zero-order valence-electron chi connectivity index (χ0n) is 10.8. The Kier molecular flexibility index (Phi) is 9.26. The summed E-state index contributed by atoms with van der Waals surface area (Å²) < 4.78 is 0. The van der Waals surface area contributed by atoms with Crippen LogP contribution in [-0.2, 0) is 12.8 Å². The van der Waals surface area contributed by atoms with E-state index in [9.17, 15) is 0 Å². The molecule has 0 heterocycles. The monoisotopic (exact) mass is 206 g/mol. The van der Waals surface area contributed by atoms with Crippen molar-refractivity contribution in [1.82, 2.24) is 0 Å². The van der Waals surface area contributed by atoms with Crippen molar-refractivity contribution in [2.24, 2.45) is 0 Å². The van der Waals surface area contributed by atoms with Gasteiger partial charge >= 0.3 is 0 Å². The molecule has 1 aromatic rings. The minimum absolute atomic E-state index is 1.14. The topological polar surface area (TPSA) is 0 Å². The first kappa shape index (κ1) is 14.2. The summed E-state index contributed by atoms with van der Waals surface area (Å²) >= 11 is 0. The first-order valence-corrected chi connectivity index (χ1v) is 6.36. The molecule has 15 heavy (non-hydrogen) atoms. The highest BCUT2D eigenvalue weighted by molar-refractivity contribution is 5.22. The fraction of sp³-hybridized carbons (Fsp3) is 0.600. The Labute approximate surface area is 95.7 Å². The molecule has 0 atom stereocenters. The molecule has 1 rings (SSSR count). The number of rotatable bonds is 4. The molecule has 0 N–H and O–H groups in total. The van der Waals surface area contributed by atoms with Gasteiger partial charge in [0.25, 0.3) is 0 Å². The number of benzene rings is 1. The third-order valence-corrected chi connectivity index (χ3v) is 2.55. The van der Waals surface area contributed by atoms with Gasteiger partial charge in [0.05, 0.1) is 0 Å². The van der Waals surface area contributed by atoms with E-state index in [4.69, 9.17) is 0 Å². The van der Waals surface area contributed by atoms with Crippen LogP contribution in [0.4, 0.5) is 0 Å². The fourth-order valence-electron chi connectivity index (χ4n) is 1.36. The zero-order valence-corrected chi connectivity index (χ0v) is 10.8. The summed E-state index contributed by atoms with van der Waals surface area (Å²) in [6.45, 7) is 8.79.